The van der Waals surface area contributed by atoms with Crippen molar-refractivity contribution in [3.05, 3.63) is 34.9 Å². The molecule has 1 aromatic rings. The van der Waals surface area contributed by atoms with Gasteiger partial charge in [0, 0.05) is 30.2 Å². The fraction of sp³-hybridized carbons (Fsp3) is 0.600. The van der Waals surface area contributed by atoms with Crippen molar-refractivity contribution in [1.82, 2.24) is 10.2 Å². The molecule has 0 amide bonds. The third-order valence-corrected chi connectivity index (χ3v) is 4.84. The van der Waals surface area contributed by atoms with Crippen LogP contribution < -0.4 is 5.32 Å². The van der Waals surface area contributed by atoms with Crippen LogP contribution in [0.4, 0.5) is 0 Å². The number of halogens is 2. The second kappa shape index (κ2) is 6.45. The zero-order chi connectivity index (χ0) is 12.5. The molecule has 0 bridgehead atoms. The highest BCUT2D eigenvalue weighted by Crippen LogP contribution is 2.30. The summed E-state index contributed by atoms with van der Waals surface area (Å²) in [5.41, 5.74) is 1.38. The molecule has 4 heteroatoms. The van der Waals surface area contributed by atoms with E-state index in [0.717, 1.165) is 17.0 Å². The molecule has 3 atom stereocenters. The molecule has 3 unspecified atom stereocenters. The van der Waals surface area contributed by atoms with Gasteiger partial charge in [-0.05, 0) is 49.9 Å². The van der Waals surface area contributed by atoms with Crippen LogP contribution in [0.2, 0.25) is 5.02 Å². The predicted molar refractivity (Wildman–Crippen MR) is 83.2 cm³/mol. The number of hydrogen-bond acceptors (Lipinski definition) is 2. The van der Waals surface area contributed by atoms with Gasteiger partial charge in [-0.1, -0.05) is 23.7 Å². The van der Waals surface area contributed by atoms with E-state index in [1.165, 1.54) is 38.0 Å². The summed E-state index contributed by atoms with van der Waals surface area (Å²) >= 11 is 5.95. The number of hydrogen-bond donors (Lipinski definition) is 1. The van der Waals surface area contributed by atoms with Gasteiger partial charge < -0.3 is 5.32 Å². The number of likely N-dealkylation sites (tertiary alicyclic amines) is 1. The van der Waals surface area contributed by atoms with Crippen molar-refractivity contribution in [3.63, 3.8) is 0 Å². The van der Waals surface area contributed by atoms with E-state index in [2.05, 4.69) is 29.3 Å². The van der Waals surface area contributed by atoms with Crippen molar-refractivity contribution in [1.29, 1.82) is 0 Å². The Hall–Kier alpha value is -0.280. The van der Waals surface area contributed by atoms with Crippen LogP contribution in [-0.4, -0.2) is 30.6 Å². The highest BCUT2D eigenvalue weighted by atomic mass is 35.5. The minimum Gasteiger partial charge on any atom is -0.314 e. The molecular weight excluding hydrogens is 279 g/mol. The lowest BCUT2D eigenvalue weighted by Crippen LogP contribution is -2.45. The highest BCUT2D eigenvalue weighted by Gasteiger charge is 2.34. The first-order valence-corrected chi connectivity index (χ1v) is 7.35. The number of fused-ring (bicyclic) bond motifs is 1. The molecule has 3 rings (SSSR count). The molecule has 0 aliphatic carbocycles. The van der Waals surface area contributed by atoms with Crippen molar-refractivity contribution in [2.24, 2.45) is 5.92 Å². The summed E-state index contributed by atoms with van der Waals surface area (Å²) in [6.45, 7) is 5.96. The fourth-order valence-corrected chi connectivity index (χ4v) is 3.51. The van der Waals surface area contributed by atoms with Gasteiger partial charge in [0.1, 0.15) is 0 Å². The van der Waals surface area contributed by atoms with Crippen LogP contribution in [-0.2, 0) is 0 Å². The summed E-state index contributed by atoms with van der Waals surface area (Å²) in [4.78, 5) is 2.62. The number of piperidine rings is 1. The SMILES string of the molecule is CC(c1ccc(Cl)cc1)N1CCC2NCCC2C1.Cl. The second-order valence-electron chi connectivity index (χ2n) is 5.62. The van der Waals surface area contributed by atoms with Gasteiger partial charge in [0.05, 0.1) is 0 Å². The number of benzene rings is 1. The van der Waals surface area contributed by atoms with E-state index in [-0.39, 0.29) is 12.4 Å². The maximum Gasteiger partial charge on any atom is 0.0406 e. The van der Waals surface area contributed by atoms with Gasteiger partial charge in [-0.15, -0.1) is 12.4 Å². The summed E-state index contributed by atoms with van der Waals surface area (Å²) in [5.74, 6) is 0.855. The van der Waals surface area contributed by atoms with Crippen LogP contribution in [0.5, 0.6) is 0 Å². The number of nitrogens with one attached hydrogen (secondary N) is 1. The maximum atomic E-state index is 5.95. The molecule has 106 valence electrons. The molecule has 2 saturated heterocycles. The molecule has 19 heavy (non-hydrogen) atoms. The lowest BCUT2D eigenvalue weighted by atomic mass is 9.91. The van der Waals surface area contributed by atoms with Crippen molar-refractivity contribution < 1.29 is 0 Å². The predicted octanol–water partition coefficient (Wildman–Crippen LogP) is 3.51. The maximum absolute atomic E-state index is 5.95. The minimum absolute atomic E-state index is 0. The molecule has 0 spiro atoms. The summed E-state index contributed by atoms with van der Waals surface area (Å²) in [5, 5.41) is 4.44. The molecule has 1 aromatic carbocycles. The summed E-state index contributed by atoms with van der Waals surface area (Å²) in [6, 6.07) is 9.59. The van der Waals surface area contributed by atoms with Gasteiger partial charge in [-0.25, -0.2) is 0 Å². The van der Waals surface area contributed by atoms with E-state index < -0.39 is 0 Å². The summed E-state index contributed by atoms with van der Waals surface area (Å²) < 4.78 is 0. The summed E-state index contributed by atoms with van der Waals surface area (Å²) in [7, 11) is 0. The van der Waals surface area contributed by atoms with Crippen LogP contribution in [0.15, 0.2) is 24.3 Å². The standard InChI is InChI=1S/C15H21ClN2.ClH/c1-11(12-2-4-14(16)5-3-12)18-9-7-15-13(10-18)6-8-17-15;/h2-5,11,13,15,17H,6-10H2,1H3;1H. The second-order valence-corrected chi connectivity index (χ2v) is 6.06. The minimum atomic E-state index is 0. The molecule has 0 aromatic heterocycles. The summed E-state index contributed by atoms with van der Waals surface area (Å²) in [6.07, 6.45) is 2.64. The van der Waals surface area contributed by atoms with Gasteiger partial charge in [-0.3, -0.25) is 4.90 Å². The molecule has 2 heterocycles. The Morgan fingerprint density at radius 1 is 1.26 bits per heavy atom. The zero-order valence-corrected chi connectivity index (χ0v) is 12.9. The molecule has 2 aliphatic heterocycles. The number of rotatable bonds is 2. The van der Waals surface area contributed by atoms with E-state index in [4.69, 9.17) is 11.6 Å². The molecule has 2 fully saturated rings. The van der Waals surface area contributed by atoms with Crippen LogP contribution in [0.1, 0.15) is 31.4 Å². The van der Waals surface area contributed by atoms with Crippen molar-refractivity contribution >= 4 is 24.0 Å². The molecule has 2 aliphatic rings. The largest absolute Gasteiger partial charge is 0.314 e. The van der Waals surface area contributed by atoms with Crippen LogP contribution >= 0.6 is 24.0 Å². The van der Waals surface area contributed by atoms with Gasteiger partial charge in [-0.2, -0.15) is 0 Å². The lowest BCUT2D eigenvalue weighted by Gasteiger charge is -2.38. The van der Waals surface area contributed by atoms with Gasteiger partial charge >= 0.3 is 0 Å². The monoisotopic (exact) mass is 300 g/mol. The van der Waals surface area contributed by atoms with E-state index >= 15 is 0 Å². The third kappa shape index (κ3) is 3.25. The first-order chi connectivity index (χ1) is 8.74. The number of nitrogens with zero attached hydrogens (tertiary/aromatic N) is 1. The van der Waals surface area contributed by atoms with Crippen LogP contribution in [0, 0.1) is 5.92 Å². The van der Waals surface area contributed by atoms with Crippen molar-refractivity contribution in [2.45, 2.75) is 31.8 Å². The van der Waals surface area contributed by atoms with E-state index in [1.54, 1.807) is 0 Å². The average molecular weight is 301 g/mol. The Morgan fingerprint density at radius 2 is 2.00 bits per heavy atom. The Morgan fingerprint density at radius 3 is 2.74 bits per heavy atom. The first kappa shape index (κ1) is 15.1. The van der Waals surface area contributed by atoms with Crippen molar-refractivity contribution in [2.75, 3.05) is 19.6 Å². The molecule has 0 radical (unpaired) electrons. The third-order valence-electron chi connectivity index (χ3n) is 4.59. The Bertz CT molecular complexity index is 407. The van der Waals surface area contributed by atoms with E-state index in [9.17, 15) is 0 Å². The topological polar surface area (TPSA) is 15.3 Å². The van der Waals surface area contributed by atoms with Gasteiger partial charge in [0.15, 0.2) is 0 Å². The van der Waals surface area contributed by atoms with Crippen molar-refractivity contribution in [3.8, 4) is 0 Å². The molecule has 0 saturated carbocycles. The smallest absolute Gasteiger partial charge is 0.0406 e. The highest BCUT2D eigenvalue weighted by molar-refractivity contribution is 6.30. The van der Waals surface area contributed by atoms with E-state index in [1.807, 2.05) is 12.1 Å². The quantitative estimate of drug-likeness (QED) is 0.899. The molecular formula is C15H22Cl2N2. The normalized spacial score (nSPS) is 28.5. The Labute approximate surface area is 126 Å². The van der Waals surface area contributed by atoms with Gasteiger partial charge in [0.25, 0.3) is 0 Å². The Kier molecular flexibility index (Phi) is 5.13. The molecule has 2 nitrogen and oxygen atoms in total. The lowest BCUT2D eigenvalue weighted by molar-refractivity contribution is 0.122. The van der Waals surface area contributed by atoms with Crippen LogP contribution in [0.25, 0.3) is 0 Å². The first-order valence-electron chi connectivity index (χ1n) is 6.97. The van der Waals surface area contributed by atoms with E-state index in [0.29, 0.717) is 6.04 Å². The van der Waals surface area contributed by atoms with Crippen LogP contribution in [0.3, 0.4) is 0 Å². The zero-order valence-electron chi connectivity index (χ0n) is 11.3. The molecule has 1 N–H and O–H groups in total. The average Bonchev–Trinajstić information content (AvgIpc) is 2.86. The van der Waals surface area contributed by atoms with Gasteiger partial charge in [0.2, 0.25) is 0 Å². The fourth-order valence-electron chi connectivity index (χ4n) is 3.38. The Balaban J connectivity index is 0.00000133.